The topological polar surface area (TPSA) is 141 Å². The highest BCUT2D eigenvalue weighted by molar-refractivity contribution is 6.03. The first-order valence-corrected chi connectivity index (χ1v) is 8.56. The Hall–Kier alpha value is -4.34. The zero-order valence-corrected chi connectivity index (χ0v) is 15.7. The number of carbonyl (C=O) groups excluding carboxylic acids is 2. The van der Waals surface area contributed by atoms with Crippen LogP contribution < -0.4 is 10.1 Å². The number of aromatic hydroxyl groups is 1. The zero-order chi connectivity index (χ0) is 21.7. The van der Waals surface area contributed by atoms with E-state index in [1.807, 2.05) is 0 Å². The molecule has 0 spiro atoms. The van der Waals surface area contributed by atoms with Crippen molar-refractivity contribution in [3.63, 3.8) is 0 Å². The van der Waals surface area contributed by atoms with Crippen molar-refractivity contribution in [1.82, 2.24) is 0 Å². The molecular formula is C20H16N2O8. The number of ether oxygens (including phenoxy) is 2. The third-order valence-corrected chi connectivity index (χ3v) is 3.98. The Morgan fingerprint density at radius 1 is 1.13 bits per heavy atom. The molecule has 30 heavy (non-hydrogen) atoms. The van der Waals surface area contributed by atoms with Gasteiger partial charge in [0.25, 0.3) is 11.6 Å². The molecule has 0 unspecified atom stereocenters. The number of methoxy groups -OCH3 is 1. The smallest absolute Gasteiger partial charge is 0.337 e. The lowest BCUT2D eigenvalue weighted by Crippen LogP contribution is -2.11. The molecule has 1 heterocycles. The van der Waals surface area contributed by atoms with Crippen LogP contribution in [0.5, 0.6) is 11.5 Å². The molecule has 154 valence electrons. The summed E-state index contributed by atoms with van der Waals surface area (Å²) in [4.78, 5) is 33.9. The highest BCUT2D eigenvalue weighted by Crippen LogP contribution is 2.28. The van der Waals surface area contributed by atoms with Crippen molar-refractivity contribution in [3.8, 4) is 11.5 Å². The Kier molecular flexibility index (Phi) is 5.97. The van der Waals surface area contributed by atoms with Crippen LogP contribution in [0.15, 0.2) is 59.0 Å². The highest BCUT2D eigenvalue weighted by atomic mass is 16.6. The van der Waals surface area contributed by atoms with E-state index in [1.165, 1.54) is 19.2 Å². The number of benzene rings is 2. The molecule has 3 rings (SSSR count). The number of esters is 1. The van der Waals surface area contributed by atoms with E-state index in [0.29, 0.717) is 17.1 Å². The molecule has 0 aliphatic rings. The predicted octanol–water partition coefficient (Wildman–Crippen LogP) is 3.51. The second-order valence-electron chi connectivity index (χ2n) is 5.98. The van der Waals surface area contributed by atoms with E-state index < -0.39 is 16.8 Å². The summed E-state index contributed by atoms with van der Waals surface area (Å²) < 4.78 is 15.6. The summed E-state index contributed by atoms with van der Waals surface area (Å²) in [6.07, 6.45) is 0. The van der Waals surface area contributed by atoms with Gasteiger partial charge in [0.2, 0.25) is 0 Å². The second kappa shape index (κ2) is 8.78. The maximum Gasteiger partial charge on any atom is 0.337 e. The van der Waals surface area contributed by atoms with Gasteiger partial charge in [-0.3, -0.25) is 14.9 Å². The largest absolute Gasteiger partial charge is 0.506 e. The molecule has 10 heteroatoms. The Balaban J connectivity index is 1.62. The maximum atomic E-state index is 12.3. The number of hydrogen-bond acceptors (Lipinski definition) is 8. The monoisotopic (exact) mass is 412 g/mol. The van der Waals surface area contributed by atoms with Gasteiger partial charge >= 0.3 is 5.97 Å². The summed E-state index contributed by atoms with van der Waals surface area (Å²) in [5, 5.41) is 23.0. The van der Waals surface area contributed by atoms with Crippen LogP contribution >= 0.6 is 0 Å². The summed E-state index contributed by atoms with van der Waals surface area (Å²) in [7, 11) is 1.29. The lowest BCUT2D eigenvalue weighted by Gasteiger charge is -2.06. The van der Waals surface area contributed by atoms with E-state index in [0.717, 1.165) is 18.2 Å². The molecule has 2 N–H and O–H groups in total. The molecule has 10 nitrogen and oxygen atoms in total. The molecule has 0 fully saturated rings. The van der Waals surface area contributed by atoms with Crippen molar-refractivity contribution >= 4 is 23.3 Å². The molecule has 0 bridgehead atoms. The molecule has 0 saturated heterocycles. The predicted molar refractivity (Wildman–Crippen MR) is 104 cm³/mol. The van der Waals surface area contributed by atoms with Crippen molar-refractivity contribution in [3.05, 3.63) is 81.8 Å². The number of amides is 1. The van der Waals surface area contributed by atoms with Gasteiger partial charge in [0.15, 0.2) is 5.76 Å². The van der Waals surface area contributed by atoms with Crippen molar-refractivity contribution in [2.75, 3.05) is 12.4 Å². The van der Waals surface area contributed by atoms with Crippen LogP contribution in [0, 0.1) is 10.1 Å². The molecule has 0 atom stereocenters. The minimum Gasteiger partial charge on any atom is -0.506 e. The molecule has 0 aliphatic heterocycles. The fourth-order valence-electron chi connectivity index (χ4n) is 2.46. The number of anilines is 1. The van der Waals surface area contributed by atoms with Gasteiger partial charge in [-0.2, -0.15) is 0 Å². The quantitative estimate of drug-likeness (QED) is 0.260. The van der Waals surface area contributed by atoms with Crippen molar-refractivity contribution in [2.24, 2.45) is 0 Å². The first kappa shape index (κ1) is 20.4. The Bertz CT molecular complexity index is 1090. The lowest BCUT2D eigenvalue weighted by atomic mass is 10.2. The van der Waals surface area contributed by atoms with Crippen LogP contribution in [0.4, 0.5) is 11.4 Å². The number of nitrogens with one attached hydrogen (secondary N) is 1. The van der Waals surface area contributed by atoms with Crippen LogP contribution in [0.1, 0.15) is 26.7 Å². The van der Waals surface area contributed by atoms with Crippen LogP contribution in [0.2, 0.25) is 0 Å². The van der Waals surface area contributed by atoms with Crippen molar-refractivity contribution < 1.29 is 33.5 Å². The molecule has 0 aliphatic carbocycles. The lowest BCUT2D eigenvalue weighted by molar-refractivity contribution is -0.384. The summed E-state index contributed by atoms with van der Waals surface area (Å²) in [6, 6.07) is 12.5. The van der Waals surface area contributed by atoms with Crippen LogP contribution in [-0.4, -0.2) is 29.0 Å². The van der Waals surface area contributed by atoms with E-state index >= 15 is 0 Å². The number of furan rings is 1. The summed E-state index contributed by atoms with van der Waals surface area (Å²) in [5.74, 6) is -0.718. The van der Waals surface area contributed by atoms with E-state index in [2.05, 4.69) is 10.1 Å². The maximum absolute atomic E-state index is 12.3. The van der Waals surface area contributed by atoms with E-state index in [1.54, 1.807) is 24.3 Å². The fraction of sp³-hybridized carbons (Fsp3) is 0.100. The standard InChI is InChI=1S/C20H16N2O8/c1-28-20(25)12-2-5-14(6-3-12)29-11-15-7-9-18(30-15)19(24)21-16-10-13(22(26)27)4-8-17(16)23/h2-10,23H,11H2,1H3,(H,21,24). The minimum atomic E-state index is -0.695. The highest BCUT2D eigenvalue weighted by Gasteiger charge is 2.16. The molecule has 0 saturated carbocycles. The van der Waals surface area contributed by atoms with Crippen LogP contribution in [-0.2, 0) is 11.3 Å². The molecule has 1 aromatic heterocycles. The van der Waals surface area contributed by atoms with Crippen LogP contribution in [0.3, 0.4) is 0 Å². The number of nitro groups is 1. The van der Waals surface area contributed by atoms with Gasteiger partial charge in [-0.25, -0.2) is 4.79 Å². The number of carbonyl (C=O) groups is 2. The van der Waals surface area contributed by atoms with Gasteiger partial charge < -0.3 is 24.3 Å². The molecule has 2 aromatic carbocycles. The number of phenolic OH excluding ortho intramolecular Hbond substituents is 1. The van der Waals surface area contributed by atoms with Gasteiger partial charge in [0.1, 0.15) is 23.9 Å². The minimum absolute atomic E-state index is 0.0207. The third-order valence-electron chi connectivity index (χ3n) is 3.98. The van der Waals surface area contributed by atoms with Gasteiger partial charge in [-0.05, 0) is 42.5 Å². The first-order valence-electron chi connectivity index (χ1n) is 8.56. The molecule has 0 radical (unpaired) electrons. The Morgan fingerprint density at radius 3 is 2.53 bits per heavy atom. The average Bonchev–Trinajstić information content (AvgIpc) is 3.22. The Labute approximate surface area is 169 Å². The normalized spacial score (nSPS) is 10.3. The summed E-state index contributed by atoms with van der Waals surface area (Å²) >= 11 is 0. The average molecular weight is 412 g/mol. The third kappa shape index (κ3) is 4.73. The zero-order valence-electron chi connectivity index (χ0n) is 15.7. The number of nitro benzene ring substituents is 1. The van der Waals surface area contributed by atoms with Crippen LogP contribution in [0.25, 0.3) is 0 Å². The molecule has 3 aromatic rings. The SMILES string of the molecule is COC(=O)c1ccc(OCc2ccc(C(=O)Nc3cc([N+](=O)[O-])ccc3O)o2)cc1. The number of nitrogens with zero attached hydrogens (tertiary/aromatic N) is 1. The van der Waals surface area contributed by atoms with Gasteiger partial charge in [0, 0.05) is 12.1 Å². The summed E-state index contributed by atoms with van der Waals surface area (Å²) in [5.41, 5.74) is -0.0184. The number of rotatable bonds is 7. The van der Waals surface area contributed by atoms with E-state index in [-0.39, 0.29) is 29.5 Å². The number of hydrogen-bond donors (Lipinski definition) is 2. The van der Waals surface area contributed by atoms with Gasteiger partial charge in [-0.1, -0.05) is 0 Å². The van der Waals surface area contributed by atoms with Gasteiger partial charge in [0.05, 0.1) is 23.3 Å². The number of phenols is 1. The van der Waals surface area contributed by atoms with Crippen molar-refractivity contribution in [1.29, 1.82) is 0 Å². The summed E-state index contributed by atoms with van der Waals surface area (Å²) in [6.45, 7) is 0.0207. The first-order chi connectivity index (χ1) is 14.4. The molecular weight excluding hydrogens is 396 g/mol. The number of non-ortho nitro benzene ring substituents is 1. The second-order valence-corrected chi connectivity index (χ2v) is 5.98. The van der Waals surface area contributed by atoms with Gasteiger partial charge in [-0.15, -0.1) is 0 Å². The fourth-order valence-corrected chi connectivity index (χ4v) is 2.46. The molecule has 1 amide bonds. The Morgan fingerprint density at radius 2 is 1.87 bits per heavy atom. The van der Waals surface area contributed by atoms with E-state index in [9.17, 15) is 24.8 Å². The van der Waals surface area contributed by atoms with E-state index in [4.69, 9.17) is 9.15 Å². The van der Waals surface area contributed by atoms with Crippen molar-refractivity contribution in [2.45, 2.75) is 6.61 Å².